The first kappa shape index (κ1) is 13.7. The lowest BCUT2D eigenvalue weighted by molar-refractivity contribution is -0.159. The lowest BCUT2D eigenvalue weighted by atomic mass is 10.1. The van der Waals surface area contributed by atoms with Gasteiger partial charge in [0.15, 0.2) is 6.61 Å². The van der Waals surface area contributed by atoms with Crippen LogP contribution in [0.3, 0.4) is 0 Å². The molecule has 0 bridgehead atoms. The Bertz CT molecular complexity index is 317. The molecule has 1 atom stereocenters. The first-order valence-corrected chi connectivity index (χ1v) is 5.68. The molecule has 0 fully saturated rings. The maximum Gasteiger partial charge on any atom is 0.313 e. The van der Waals surface area contributed by atoms with E-state index in [2.05, 4.69) is 5.48 Å². The minimum absolute atomic E-state index is 0.202. The second kappa shape index (κ2) is 5.82. The lowest BCUT2D eigenvalue weighted by Crippen LogP contribution is -2.36. The van der Waals surface area contributed by atoms with Crippen molar-refractivity contribution in [3.8, 4) is 0 Å². The molecule has 5 heteroatoms. The standard InChI is InChI=1S/C12H19NO4/c1-12(2,3)17-13-10(14)8-16-11(15)9-6-4-5-7-9/h4,6,9H,5,7-8H2,1-3H3,(H,13,14). The lowest BCUT2D eigenvalue weighted by Gasteiger charge is -2.18. The van der Waals surface area contributed by atoms with Crippen LogP contribution in [0, 0.1) is 5.92 Å². The molecule has 0 aromatic carbocycles. The van der Waals surface area contributed by atoms with E-state index in [4.69, 9.17) is 9.57 Å². The van der Waals surface area contributed by atoms with Crippen molar-refractivity contribution >= 4 is 11.9 Å². The van der Waals surface area contributed by atoms with Crippen LogP contribution in [-0.2, 0) is 19.2 Å². The van der Waals surface area contributed by atoms with Crippen molar-refractivity contribution in [2.75, 3.05) is 6.61 Å². The Morgan fingerprint density at radius 3 is 2.65 bits per heavy atom. The second-order valence-corrected chi connectivity index (χ2v) is 4.96. The van der Waals surface area contributed by atoms with Crippen molar-refractivity contribution in [2.45, 2.75) is 39.2 Å². The average molecular weight is 241 g/mol. The summed E-state index contributed by atoms with van der Waals surface area (Å²) in [5.74, 6) is -1.02. The van der Waals surface area contributed by atoms with Crippen molar-refractivity contribution in [1.29, 1.82) is 0 Å². The fraction of sp³-hybridized carbons (Fsp3) is 0.667. The highest BCUT2D eigenvalue weighted by Crippen LogP contribution is 2.17. The Labute approximate surface area is 101 Å². The molecule has 1 aliphatic rings. The highest BCUT2D eigenvalue weighted by atomic mass is 16.7. The minimum atomic E-state index is -0.464. The number of hydrogen-bond donors (Lipinski definition) is 1. The zero-order valence-electron chi connectivity index (χ0n) is 10.5. The van der Waals surface area contributed by atoms with Crippen LogP contribution in [0.2, 0.25) is 0 Å². The van der Waals surface area contributed by atoms with Crippen LogP contribution in [0.1, 0.15) is 33.6 Å². The van der Waals surface area contributed by atoms with Gasteiger partial charge in [0.25, 0.3) is 5.91 Å². The molecule has 1 aliphatic carbocycles. The predicted octanol–water partition coefficient (Wildman–Crippen LogP) is 1.34. The number of ether oxygens (including phenoxy) is 1. The summed E-state index contributed by atoms with van der Waals surface area (Å²) in [4.78, 5) is 27.8. The van der Waals surface area contributed by atoms with Gasteiger partial charge >= 0.3 is 5.97 Å². The summed E-state index contributed by atoms with van der Waals surface area (Å²) in [5.41, 5.74) is 1.77. The Morgan fingerprint density at radius 1 is 1.41 bits per heavy atom. The van der Waals surface area contributed by atoms with E-state index >= 15 is 0 Å². The molecular formula is C12H19NO4. The fourth-order valence-electron chi connectivity index (χ4n) is 1.31. The molecule has 0 aliphatic heterocycles. The summed E-state index contributed by atoms with van der Waals surface area (Å²) < 4.78 is 4.87. The number of carbonyl (C=O) groups excluding carboxylic acids is 2. The number of allylic oxidation sites excluding steroid dienone is 1. The summed E-state index contributed by atoms with van der Waals surface area (Å²) in [5, 5.41) is 0. The summed E-state index contributed by atoms with van der Waals surface area (Å²) >= 11 is 0. The zero-order valence-corrected chi connectivity index (χ0v) is 10.5. The predicted molar refractivity (Wildman–Crippen MR) is 61.8 cm³/mol. The zero-order chi connectivity index (χ0) is 12.9. The van der Waals surface area contributed by atoms with Gasteiger partial charge < -0.3 is 4.74 Å². The third-order valence-corrected chi connectivity index (χ3v) is 2.13. The quantitative estimate of drug-likeness (QED) is 0.458. The summed E-state index contributed by atoms with van der Waals surface area (Å²) in [7, 11) is 0. The molecule has 17 heavy (non-hydrogen) atoms. The number of esters is 1. The van der Waals surface area contributed by atoms with Gasteiger partial charge in [0, 0.05) is 0 Å². The third-order valence-electron chi connectivity index (χ3n) is 2.13. The number of nitrogens with one attached hydrogen (secondary N) is 1. The van der Waals surface area contributed by atoms with Gasteiger partial charge in [-0.3, -0.25) is 14.4 Å². The largest absolute Gasteiger partial charge is 0.455 e. The van der Waals surface area contributed by atoms with E-state index in [9.17, 15) is 9.59 Å². The normalized spacial score (nSPS) is 19.1. The van der Waals surface area contributed by atoms with Crippen molar-refractivity contribution in [3.63, 3.8) is 0 Å². The third kappa shape index (κ3) is 5.49. The molecule has 1 amide bonds. The van der Waals surface area contributed by atoms with Gasteiger partial charge in [-0.15, -0.1) is 0 Å². The summed E-state index contributed by atoms with van der Waals surface area (Å²) in [6.45, 7) is 5.12. The Hall–Kier alpha value is -1.36. The number of hydroxylamine groups is 1. The van der Waals surface area contributed by atoms with Crippen LogP contribution in [0.15, 0.2) is 12.2 Å². The molecule has 0 saturated carbocycles. The first-order chi connectivity index (χ1) is 7.88. The van der Waals surface area contributed by atoms with Gasteiger partial charge in [0.05, 0.1) is 11.5 Å². The number of hydrogen-bond acceptors (Lipinski definition) is 4. The Balaban J connectivity index is 2.19. The van der Waals surface area contributed by atoms with Gasteiger partial charge in [-0.1, -0.05) is 12.2 Å². The smallest absolute Gasteiger partial charge is 0.313 e. The van der Waals surface area contributed by atoms with E-state index in [1.807, 2.05) is 32.9 Å². The molecule has 0 radical (unpaired) electrons. The highest BCUT2D eigenvalue weighted by molar-refractivity contribution is 5.81. The van der Waals surface area contributed by atoms with Crippen molar-refractivity contribution in [2.24, 2.45) is 5.92 Å². The second-order valence-electron chi connectivity index (χ2n) is 4.96. The summed E-state index contributed by atoms with van der Waals surface area (Å²) in [6.07, 6.45) is 5.40. The van der Waals surface area contributed by atoms with E-state index in [0.717, 1.165) is 12.8 Å². The van der Waals surface area contributed by atoms with E-state index in [-0.39, 0.29) is 18.5 Å². The van der Waals surface area contributed by atoms with Crippen molar-refractivity contribution < 1.29 is 19.2 Å². The van der Waals surface area contributed by atoms with Crippen molar-refractivity contribution in [1.82, 2.24) is 5.48 Å². The Kier molecular flexibility index (Phi) is 4.69. The molecular weight excluding hydrogens is 222 g/mol. The number of rotatable bonds is 4. The van der Waals surface area contributed by atoms with E-state index in [0.29, 0.717) is 0 Å². The molecule has 1 unspecified atom stereocenters. The van der Waals surface area contributed by atoms with Gasteiger partial charge in [0.2, 0.25) is 0 Å². The summed E-state index contributed by atoms with van der Waals surface area (Å²) in [6, 6.07) is 0. The Morgan fingerprint density at radius 2 is 2.12 bits per heavy atom. The van der Waals surface area contributed by atoms with Crippen molar-refractivity contribution in [3.05, 3.63) is 12.2 Å². The molecule has 96 valence electrons. The van der Waals surface area contributed by atoms with Gasteiger partial charge in [-0.05, 0) is 33.6 Å². The molecule has 0 aromatic rings. The van der Waals surface area contributed by atoms with Crippen LogP contribution >= 0.6 is 0 Å². The van der Waals surface area contributed by atoms with E-state index in [1.165, 1.54) is 0 Å². The molecule has 0 heterocycles. The van der Waals surface area contributed by atoms with Crippen LogP contribution in [0.5, 0.6) is 0 Å². The molecule has 1 rings (SSSR count). The molecule has 5 nitrogen and oxygen atoms in total. The number of amides is 1. The van der Waals surface area contributed by atoms with E-state index in [1.54, 1.807) is 0 Å². The maximum absolute atomic E-state index is 11.5. The van der Waals surface area contributed by atoms with Crippen LogP contribution < -0.4 is 5.48 Å². The number of carbonyl (C=O) groups is 2. The minimum Gasteiger partial charge on any atom is -0.455 e. The molecule has 1 N–H and O–H groups in total. The first-order valence-electron chi connectivity index (χ1n) is 5.68. The molecule has 0 aromatic heterocycles. The van der Waals surface area contributed by atoms with Crippen LogP contribution in [-0.4, -0.2) is 24.1 Å². The van der Waals surface area contributed by atoms with Crippen LogP contribution in [0.4, 0.5) is 0 Å². The molecule has 0 spiro atoms. The van der Waals surface area contributed by atoms with Gasteiger partial charge in [0.1, 0.15) is 0 Å². The highest BCUT2D eigenvalue weighted by Gasteiger charge is 2.21. The van der Waals surface area contributed by atoms with Gasteiger partial charge in [-0.2, -0.15) is 0 Å². The SMILES string of the molecule is CC(C)(C)ONC(=O)COC(=O)C1C=CCC1. The van der Waals surface area contributed by atoms with Crippen LogP contribution in [0.25, 0.3) is 0 Å². The van der Waals surface area contributed by atoms with Gasteiger partial charge in [-0.25, -0.2) is 5.48 Å². The van der Waals surface area contributed by atoms with E-state index < -0.39 is 11.5 Å². The average Bonchev–Trinajstić information content (AvgIpc) is 2.75. The topological polar surface area (TPSA) is 64.6 Å². The monoisotopic (exact) mass is 241 g/mol. The molecule has 0 saturated heterocycles. The maximum atomic E-state index is 11.5. The fourth-order valence-corrected chi connectivity index (χ4v) is 1.31.